The van der Waals surface area contributed by atoms with Crippen LogP contribution in [0, 0.1) is 13.8 Å². The van der Waals surface area contributed by atoms with E-state index in [0.717, 1.165) is 5.56 Å². The number of hydrogen-bond donors (Lipinski definition) is 1. The Balaban J connectivity index is 1.65. The largest absolute Gasteiger partial charge is 0.497 e. The first-order chi connectivity index (χ1) is 12.4. The minimum atomic E-state index is -3.72. The standard InChI is InChI=1S/C16H18N4O5S/c1-10-15(11(2)25-20-10)26(21,22)17-8-7-14-18-19-16(24-14)12-5-4-6-13(9-12)23-3/h4-6,9,17H,7-8H2,1-3H3. The quantitative estimate of drug-likeness (QED) is 0.661. The Hall–Kier alpha value is -2.72. The summed E-state index contributed by atoms with van der Waals surface area (Å²) >= 11 is 0. The molecule has 0 aliphatic carbocycles. The van der Waals surface area contributed by atoms with Gasteiger partial charge in [-0.2, -0.15) is 0 Å². The van der Waals surface area contributed by atoms with E-state index in [1.54, 1.807) is 27.0 Å². The van der Waals surface area contributed by atoms with Crippen molar-refractivity contribution >= 4 is 10.0 Å². The van der Waals surface area contributed by atoms with Crippen molar-refractivity contribution in [2.24, 2.45) is 0 Å². The van der Waals surface area contributed by atoms with Gasteiger partial charge in [-0.1, -0.05) is 11.2 Å². The number of ether oxygens (including phenoxy) is 1. The summed E-state index contributed by atoms with van der Waals surface area (Å²) in [5.41, 5.74) is 1.03. The van der Waals surface area contributed by atoms with Gasteiger partial charge in [0.1, 0.15) is 16.3 Å². The van der Waals surface area contributed by atoms with Crippen molar-refractivity contribution in [2.75, 3.05) is 13.7 Å². The number of methoxy groups -OCH3 is 1. The molecule has 0 aliphatic heterocycles. The van der Waals surface area contributed by atoms with Crippen molar-refractivity contribution in [1.82, 2.24) is 20.1 Å². The maximum atomic E-state index is 12.3. The van der Waals surface area contributed by atoms with Gasteiger partial charge >= 0.3 is 0 Å². The predicted molar refractivity (Wildman–Crippen MR) is 91.2 cm³/mol. The molecule has 2 heterocycles. The fourth-order valence-corrected chi connectivity index (χ4v) is 3.81. The van der Waals surface area contributed by atoms with E-state index in [4.69, 9.17) is 13.7 Å². The van der Waals surface area contributed by atoms with Crippen LogP contribution in [-0.2, 0) is 16.4 Å². The molecule has 0 saturated carbocycles. The van der Waals surface area contributed by atoms with Crippen LogP contribution in [0.5, 0.6) is 5.75 Å². The molecule has 0 saturated heterocycles. The molecule has 0 unspecified atom stereocenters. The van der Waals surface area contributed by atoms with E-state index in [1.807, 2.05) is 18.2 Å². The normalized spacial score (nSPS) is 11.7. The molecule has 0 fully saturated rings. The zero-order valence-electron chi connectivity index (χ0n) is 14.5. The van der Waals surface area contributed by atoms with Crippen molar-refractivity contribution in [1.29, 1.82) is 0 Å². The molecule has 2 aromatic heterocycles. The topological polar surface area (TPSA) is 120 Å². The molecule has 9 nitrogen and oxygen atoms in total. The van der Waals surface area contributed by atoms with Crippen molar-refractivity contribution < 1.29 is 22.1 Å². The van der Waals surface area contributed by atoms with E-state index in [0.29, 0.717) is 23.2 Å². The molecular weight excluding hydrogens is 360 g/mol. The van der Waals surface area contributed by atoms with Crippen LogP contribution in [0.4, 0.5) is 0 Å². The number of hydrogen-bond acceptors (Lipinski definition) is 8. The van der Waals surface area contributed by atoms with E-state index in [1.165, 1.54) is 0 Å². The van der Waals surface area contributed by atoms with Crippen LogP contribution in [0.2, 0.25) is 0 Å². The lowest BCUT2D eigenvalue weighted by Crippen LogP contribution is -2.26. The Bertz CT molecular complexity index is 990. The zero-order chi connectivity index (χ0) is 18.7. The second-order valence-electron chi connectivity index (χ2n) is 5.53. The Morgan fingerprint density at radius 3 is 2.73 bits per heavy atom. The smallest absolute Gasteiger partial charge is 0.247 e. The van der Waals surface area contributed by atoms with Crippen LogP contribution >= 0.6 is 0 Å². The van der Waals surface area contributed by atoms with Crippen molar-refractivity contribution in [2.45, 2.75) is 25.2 Å². The van der Waals surface area contributed by atoms with Gasteiger partial charge in [0, 0.05) is 18.5 Å². The van der Waals surface area contributed by atoms with Gasteiger partial charge in [-0.15, -0.1) is 10.2 Å². The number of rotatable bonds is 7. The highest BCUT2D eigenvalue weighted by Crippen LogP contribution is 2.23. The van der Waals surface area contributed by atoms with E-state index in [-0.39, 0.29) is 23.6 Å². The van der Waals surface area contributed by atoms with Crippen LogP contribution in [-0.4, -0.2) is 37.4 Å². The van der Waals surface area contributed by atoms with Crippen molar-refractivity contribution in [3.05, 3.63) is 41.6 Å². The summed E-state index contributed by atoms with van der Waals surface area (Å²) in [6.45, 7) is 3.22. The summed E-state index contributed by atoms with van der Waals surface area (Å²) in [6, 6.07) is 7.22. The van der Waals surface area contributed by atoms with Crippen LogP contribution in [0.3, 0.4) is 0 Å². The minimum Gasteiger partial charge on any atom is -0.497 e. The summed E-state index contributed by atoms with van der Waals surface area (Å²) in [5, 5.41) is 11.6. The highest BCUT2D eigenvalue weighted by atomic mass is 32.2. The molecule has 0 amide bonds. The molecule has 1 N–H and O–H groups in total. The van der Waals surface area contributed by atoms with Gasteiger partial charge in [-0.05, 0) is 32.0 Å². The first kappa shape index (κ1) is 18.1. The second kappa shape index (κ2) is 7.26. The van der Waals surface area contributed by atoms with Crippen molar-refractivity contribution in [3.8, 4) is 17.2 Å². The van der Waals surface area contributed by atoms with Gasteiger partial charge in [-0.25, -0.2) is 13.1 Å². The monoisotopic (exact) mass is 378 g/mol. The van der Waals surface area contributed by atoms with Crippen molar-refractivity contribution in [3.63, 3.8) is 0 Å². The molecule has 138 valence electrons. The zero-order valence-corrected chi connectivity index (χ0v) is 15.3. The van der Waals surface area contributed by atoms with Gasteiger partial charge in [0.25, 0.3) is 0 Å². The molecule has 0 radical (unpaired) electrons. The third kappa shape index (κ3) is 3.75. The van der Waals surface area contributed by atoms with Crippen LogP contribution in [0.1, 0.15) is 17.3 Å². The van der Waals surface area contributed by atoms with E-state index in [9.17, 15) is 8.42 Å². The number of nitrogens with zero attached hydrogens (tertiary/aromatic N) is 3. The van der Waals surface area contributed by atoms with Gasteiger partial charge in [0.15, 0.2) is 5.76 Å². The number of aryl methyl sites for hydroxylation is 2. The van der Waals surface area contributed by atoms with Gasteiger partial charge in [-0.3, -0.25) is 0 Å². The SMILES string of the molecule is COc1cccc(-c2nnc(CCNS(=O)(=O)c3c(C)noc3C)o2)c1. The molecule has 0 atom stereocenters. The molecule has 3 rings (SSSR count). The summed E-state index contributed by atoms with van der Waals surface area (Å²) < 4.78 is 42.8. The summed E-state index contributed by atoms with van der Waals surface area (Å²) in [4.78, 5) is 0.0556. The first-order valence-electron chi connectivity index (χ1n) is 7.80. The summed E-state index contributed by atoms with van der Waals surface area (Å²) in [6.07, 6.45) is 0.250. The summed E-state index contributed by atoms with van der Waals surface area (Å²) in [7, 11) is -2.14. The van der Waals surface area contributed by atoms with E-state index < -0.39 is 10.0 Å². The van der Waals surface area contributed by atoms with Crippen LogP contribution < -0.4 is 9.46 Å². The van der Waals surface area contributed by atoms with Gasteiger partial charge in [0.05, 0.1) is 7.11 Å². The third-order valence-corrected chi connectivity index (χ3v) is 5.36. The fraction of sp³-hybridized carbons (Fsp3) is 0.312. The predicted octanol–water partition coefficient (Wildman–Crippen LogP) is 1.87. The molecule has 1 aromatic carbocycles. The Morgan fingerprint density at radius 2 is 2.04 bits per heavy atom. The van der Waals surface area contributed by atoms with E-state index in [2.05, 4.69) is 20.1 Å². The third-order valence-electron chi connectivity index (χ3n) is 3.65. The maximum absolute atomic E-state index is 12.3. The van der Waals surface area contributed by atoms with Crippen LogP contribution in [0.15, 0.2) is 38.1 Å². The molecule has 0 aliphatic rings. The fourth-order valence-electron chi connectivity index (χ4n) is 2.45. The average Bonchev–Trinajstić information content (AvgIpc) is 3.21. The Kier molecular flexibility index (Phi) is 5.05. The minimum absolute atomic E-state index is 0.0556. The lowest BCUT2D eigenvalue weighted by atomic mass is 10.2. The first-order valence-corrected chi connectivity index (χ1v) is 9.28. The second-order valence-corrected chi connectivity index (χ2v) is 7.24. The van der Waals surface area contributed by atoms with Crippen LogP contribution in [0.25, 0.3) is 11.5 Å². The number of benzene rings is 1. The lowest BCUT2D eigenvalue weighted by molar-refractivity contribution is 0.390. The molecule has 0 spiro atoms. The maximum Gasteiger partial charge on any atom is 0.247 e. The lowest BCUT2D eigenvalue weighted by Gasteiger charge is -2.04. The molecule has 0 bridgehead atoms. The van der Waals surface area contributed by atoms with E-state index >= 15 is 0 Å². The number of nitrogens with one attached hydrogen (secondary N) is 1. The molecular formula is C16H18N4O5S. The highest BCUT2D eigenvalue weighted by molar-refractivity contribution is 7.89. The molecule has 26 heavy (non-hydrogen) atoms. The van der Waals surface area contributed by atoms with Gasteiger partial charge < -0.3 is 13.7 Å². The Morgan fingerprint density at radius 1 is 1.23 bits per heavy atom. The molecule has 3 aromatic rings. The molecule has 10 heteroatoms. The number of aromatic nitrogens is 3. The highest BCUT2D eigenvalue weighted by Gasteiger charge is 2.23. The Labute approximate surface area is 150 Å². The van der Waals surface area contributed by atoms with Gasteiger partial charge in [0.2, 0.25) is 21.8 Å². The number of sulfonamides is 1. The average molecular weight is 378 g/mol. The summed E-state index contributed by atoms with van der Waals surface area (Å²) in [5.74, 6) is 1.58.